The van der Waals surface area contributed by atoms with Crippen molar-refractivity contribution in [2.45, 2.75) is 0 Å². The molecule has 0 aliphatic carbocycles. The van der Waals surface area contributed by atoms with Crippen LogP contribution in [0.25, 0.3) is 22.9 Å². The van der Waals surface area contributed by atoms with E-state index in [1.165, 1.54) is 12.8 Å². The molecule has 0 saturated carbocycles. The van der Waals surface area contributed by atoms with Crippen molar-refractivity contribution in [3.8, 4) is 22.9 Å². The molecule has 0 unspecified atom stereocenters. The van der Waals surface area contributed by atoms with Gasteiger partial charge in [0, 0.05) is 7.05 Å². The highest BCUT2D eigenvalue weighted by Gasteiger charge is 2.12. The van der Waals surface area contributed by atoms with E-state index in [4.69, 9.17) is 8.83 Å². The van der Waals surface area contributed by atoms with Gasteiger partial charge in [0.2, 0.25) is 0 Å². The summed E-state index contributed by atoms with van der Waals surface area (Å²) in [5.41, 5.74) is 1.90. The van der Waals surface area contributed by atoms with Gasteiger partial charge in [0.05, 0.1) is 23.8 Å². The molecular weight excluding hydrogens is 206 g/mol. The lowest BCUT2D eigenvalue weighted by Crippen LogP contribution is -1.92. The molecule has 0 aliphatic rings. The summed E-state index contributed by atoms with van der Waals surface area (Å²) in [7, 11) is 1.94. The first-order chi connectivity index (χ1) is 7.86. The Morgan fingerprint density at radius 1 is 0.938 bits per heavy atom. The van der Waals surface area contributed by atoms with Gasteiger partial charge in [-0.3, -0.25) is 0 Å². The van der Waals surface area contributed by atoms with Crippen LogP contribution < -0.4 is 0 Å². The van der Waals surface area contributed by atoms with Crippen molar-refractivity contribution < 1.29 is 8.83 Å². The topological polar surface area (TPSA) is 57.0 Å². The monoisotopic (exact) mass is 215 g/mol. The Balaban J connectivity index is 2.12. The van der Waals surface area contributed by atoms with Crippen LogP contribution in [0.1, 0.15) is 0 Å². The average molecular weight is 215 g/mol. The molecule has 0 amide bonds. The van der Waals surface area contributed by atoms with E-state index < -0.39 is 0 Å². The zero-order chi connectivity index (χ0) is 11.0. The molecule has 0 aliphatic heterocycles. The molecule has 0 N–H and O–H groups in total. The van der Waals surface area contributed by atoms with E-state index in [-0.39, 0.29) is 0 Å². The largest absolute Gasteiger partial charge is 0.442 e. The van der Waals surface area contributed by atoms with Crippen LogP contribution >= 0.6 is 0 Å². The van der Waals surface area contributed by atoms with Crippen LogP contribution in [0, 0.1) is 0 Å². The van der Waals surface area contributed by atoms with Crippen LogP contribution in [0.15, 0.2) is 46.1 Å². The second-order valence-corrected chi connectivity index (χ2v) is 3.39. The van der Waals surface area contributed by atoms with E-state index in [9.17, 15) is 0 Å². The summed E-state index contributed by atoms with van der Waals surface area (Å²) in [6, 6.07) is 3.91. The molecule has 3 aromatic rings. The molecule has 3 aromatic heterocycles. The summed E-state index contributed by atoms with van der Waals surface area (Å²) in [6.07, 6.45) is 6.19. The molecule has 0 aromatic carbocycles. The fourth-order valence-electron chi connectivity index (χ4n) is 1.69. The van der Waals surface area contributed by atoms with E-state index >= 15 is 0 Å². The van der Waals surface area contributed by atoms with Crippen LogP contribution in [0.5, 0.6) is 0 Å². The molecule has 3 rings (SSSR count). The second-order valence-electron chi connectivity index (χ2n) is 3.39. The van der Waals surface area contributed by atoms with Gasteiger partial charge in [-0.15, -0.1) is 0 Å². The molecule has 0 atom stereocenters. The predicted octanol–water partition coefficient (Wildman–Crippen LogP) is 2.34. The molecule has 0 fully saturated rings. The molecule has 5 heteroatoms. The molecule has 0 radical (unpaired) electrons. The highest BCUT2D eigenvalue weighted by Crippen LogP contribution is 2.27. The van der Waals surface area contributed by atoms with Crippen LogP contribution in [-0.2, 0) is 7.05 Å². The number of nitrogens with zero attached hydrogens (tertiary/aromatic N) is 3. The average Bonchev–Trinajstić information content (AvgIpc) is 2.96. The van der Waals surface area contributed by atoms with Crippen LogP contribution in [0.4, 0.5) is 0 Å². The normalized spacial score (nSPS) is 10.8. The summed E-state index contributed by atoms with van der Waals surface area (Å²) >= 11 is 0. The number of hydrogen-bond acceptors (Lipinski definition) is 4. The summed E-state index contributed by atoms with van der Waals surface area (Å²) in [5, 5.41) is 0. The zero-order valence-electron chi connectivity index (χ0n) is 8.62. The number of aromatic nitrogens is 3. The van der Waals surface area contributed by atoms with E-state index in [1.807, 2.05) is 23.7 Å². The minimum atomic E-state index is 0.730. The highest BCUT2D eigenvalue weighted by atomic mass is 16.3. The van der Waals surface area contributed by atoms with Crippen molar-refractivity contribution in [1.29, 1.82) is 0 Å². The number of hydrogen-bond donors (Lipinski definition) is 0. The maximum atomic E-state index is 5.25. The van der Waals surface area contributed by atoms with Crippen molar-refractivity contribution in [2.24, 2.45) is 7.05 Å². The van der Waals surface area contributed by atoms with E-state index in [0.29, 0.717) is 0 Å². The first kappa shape index (κ1) is 8.96. The summed E-state index contributed by atoms with van der Waals surface area (Å²) in [5.74, 6) is 1.46. The lowest BCUT2D eigenvalue weighted by molar-refractivity contribution is 0.561. The zero-order valence-corrected chi connectivity index (χ0v) is 8.62. The Bertz CT molecular complexity index is 527. The Hall–Kier alpha value is -2.30. The van der Waals surface area contributed by atoms with Crippen molar-refractivity contribution in [3.63, 3.8) is 0 Å². The highest BCUT2D eigenvalue weighted by molar-refractivity contribution is 5.62. The Labute approximate surface area is 91.4 Å². The molecule has 16 heavy (non-hydrogen) atoms. The maximum Gasteiger partial charge on any atom is 0.181 e. The van der Waals surface area contributed by atoms with E-state index in [2.05, 4.69) is 9.97 Å². The summed E-state index contributed by atoms with van der Waals surface area (Å²) in [4.78, 5) is 7.79. The van der Waals surface area contributed by atoms with Crippen LogP contribution in [0.2, 0.25) is 0 Å². The quantitative estimate of drug-likeness (QED) is 0.658. The molecule has 0 spiro atoms. The minimum absolute atomic E-state index is 0.730. The van der Waals surface area contributed by atoms with Crippen molar-refractivity contribution in [3.05, 3.63) is 37.3 Å². The minimum Gasteiger partial charge on any atom is -0.442 e. The fraction of sp³-hybridized carbons (Fsp3) is 0.0909. The Morgan fingerprint density at radius 3 is 1.81 bits per heavy atom. The van der Waals surface area contributed by atoms with Gasteiger partial charge in [-0.05, 0) is 12.1 Å². The smallest absolute Gasteiger partial charge is 0.181 e. The molecular formula is C11H9N3O2. The molecule has 0 saturated heterocycles. The van der Waals surface area contributed by atoms with Gasteiger partial charge >= 0.3 is 0 Å². The first-order valence-electron chi connectivity index (χ1n) is 4.79. The van der Waals surface area contributed by atoms with Gasteiger partial charge in [0.1, 0.15) is 0 Å². The van der Waals surface area contributed by atoms with Gasteiger partial charge in [-0.1, -0.05) is 0 Å². The van der Waals surface area contributed by atoms with E-state index in [0.717, 1.165) is 22.9 Å². The third-order valence-electron chi connectivity index (χ3n) is 2.49. The van der Waals surface area contributed by atoms with Gasteiger partial charge in [-0.25, -0.2) is 9.97 Å². The lowest BCUT2D eigenvalue weighted by Gasteiger charge is -2.02. The van der Waals surface area contributed by atoms with Crippen LogP contribution in [-0.4, -0.2) is 14.5 Å². The van der Waals surface area contributed by atoms with E-state index in [1.54, 1.807) is 12.4 Å². The van der Waals surface area contributed by atoms with Crippen LogP contribution in [0.3, 0.4) is 0 Å². The molecule has 5 nitrogen and oxygen atoms in total. The standard InChI is InChI=1S/C11H9N3O2/c1-14-8(10-4-12-6-15-10)2-3-9(14)11-5-13-7-16-11/h2-7H,1H3. The Kier molecular flexibility index (Phi) is 1.89. The van der Waals surface area contributed by atoms with Gasteiger partial charge in [0.25, 0.3) is 0 Å². The summed E-state index contributed by atoms with van der Waals surface area (Å²) < 4.78 is 12.5. The SMILES string of the molecule is Cn1c(-c2cnco2)ccc1-c1cnco1. The van der Waals surface area contributed by atoms with Crippen molar-refractivity contribution in [2.75, 3.05) is 0 Å². The first-order valence-corrected chi connectivity index (χ1v) is 4.79. The van der Waals surface area contributed by atoms with Crippen molar-refractivity contribution >= 4 is 0 Å². The summed E-state index contributed by atoms with van der Waals surface area (Å²) in [6.45, 7) is 0. The third kappa shape index (κ3) is 1.25. The Morgan fingerprint density at radius 2 is 1.44 bits per heavy atom. The van der Waals surface area contributed by atoms with Gasteiger partial charge < -0.3 is 13.4 Å². The van der Waals surface area contributed by atoms with Gasteiger partial charge in [-0.2, -0.15) is 0 Å². The number of rotatable bonds is 2. The van der Waals surface area contributed by atoms with Crippen molar-refractivity contribution in [1.82, 2.24) is 14.5 Å². The molecule has 80 valence electrons. The lowest BCUT2D eigenvalue weighted by atomic mass is 10.3. The second kappa shape index (κ2) is 3.37. The third-order valence-corrected chi connectivity index (χ3v) is 2.49. The maximum absolute atomic E-state index is 5.25. The fourth-order valence-corrected chi connectivity index (χ4v) is 1.69. The predicted molar refractivity (Wildman–Crippen MR) is 56.4 cm³/mol. The number of oxazole rings is 2. The molecule has 0 bridgehead atoms. The molecule has 3 heterocycles. The van der Waals surface area contributed by atoms with Gasteiger partial charge in [0.15, 0.2) is 24.3 Å².